The first-order valence-electron chi connectivity index (χ1n) is 6.82. The van der Waals surface area contributed by atoms with Crippen molar-refractivity contribution < 1.29 is 14.3 Å². The van der Waals surface area contributed by atoms with E-state index in [9.17, 15) is 9.59 Å². The van der Waals surface area contributed by atoms with Gasteiger partial charge in [0, 0.05) is 14.0 Å². The molecule has 2 aromatic carbocycles. The number of hydrogen-bond acceptors (Lipinski definition) is 3. The molecule has 0 saturated carbocycles. The van der Waals surface area contributed by atoms with Crippen molar-refractivity contribution >= 4 is 23.2 Å². The number of carbonyl (C=O) groups is 2. The van der Waals surface area contributed by atoms with E-state index in [1.807, 2.05) is 6.07 Å². The highest BCUT2D eigenvalue weighted by molar-refractivity contribution is 6.08. The topological polar surface area (TPSA) is 58.6 Å². The summed E-state index contributed by atoms with van der Waals surface area (Å²) < 4.78 is 5.19. The number of nitrogens with one attached hydrogen (secondary N) is 1. The van der Waals surface area contributed by atoms with Crippen molar-refractivity contribution in [2.45, 2.75) is 6.92 Å². The minimum absolute atomic E-state index is 0.112. The molecule has 0 bridgehead atoms. The van der Waals surface area contributed by atoms with Crippen LogP contribution >= 0.6 is 0 Å². The molecule has 0 aliphatic carbocycles. The van der Waals surface area contributed by atoms with Crippen molar-refractivity contribution in [3.63, 3.8) is 0 Å². The minimum atomic E-state index is -0.290. The standard InChI is InChI=1S/C17H18N2O3/c1-12(20)19(2)15-10-6-5-9-14(15)18-17(21)13-8-4-7-11-16(13)22-3/h4-11H,1-3H3,(H,18,21). The molecule has 1 N–H and O–H groups in total. The van der Waals surface area contributed by atoms with E-state index in [0.717, 1.165) is 0 Å². The van der Waals surface area contributed by atoms with Crippen molar-refractivity contribution in [2.24, 2.45) is 0 Å². The summed E-state index contributed by atoms with van der Waals surface area (Å²) in [6.45, 7) is 1.47. The molecule has 5 heteroatoms. The molecule has 2 amide bonds. The van der Waals surface area contributed by atoms with Crippen LogP contribution in [0.2, 0.25) is 0 Å². The molecule has 0 atom stereocenters. The molecule has 2 aromatic rings. The van der Waals surface area contributed by atoms with Gasteiger partial charge in [-0.05, 0) is 24.3 Å². The molecule has 0 aliphatic heterocycles. The van der Waals surface area contributed by atoms with E-state index in [-0.39, 0.29) is 11.8 Å². The number of carbonyl (C=O) groups excluding carboxylic acids is 2. The Bertz CT molecular complexity index is 698. The van der Waals surface area contributed by atoms with Crippen LogP contribution in [0.3, 0.4) is 0 Å². The van der Waals surface area contributed by atoms with Crippen LogP contribution in [0.15, 0.2) is 48.5 Å². The van der Waals surface area contributed by atoms with Gasteiger partial charge in [0.05, 0.1) is 24.0 Å². The van der Waals surface area contributed by atoms with Crippen LogP contribution < -0.4 is 15.0 Å². The number of rotatable bonds is 4. The van der Waals surface area contributed by atoms with Crippen molar-refractivity contribution in [1.82, 2.24) is 0 Å². The first kappa shape index (κ1) is 15.6. The maximum absolute atomic E-state index is 12.4. The Hall–Kier alpha value is -2.82. The van der Waals surface area contributed by atoms with Gasteiger partial charge in [-0.15, -0.1) is 0 Å². The molecule has 22 heavy (non-hydrogen) atoms. The van der Waals surface area contributed by atoms with Crippen LogP contribution in [-0.4, -0.2) is 26.0 Å². The normalized spacial score (nSPS) is 9.95. The highest BCUT2D eigenvalue weighted by atomic mass is 16.5. The molecule has 0 aliphatic rings. The van der Waals surface area contributed by atoms with Crippen LogP contribution in [0.4, 0.5) is 11.4 Å². The molecule has 0 spiro atoms. The number of methoxy groups -OCH3 is 1. The van der Waals surface area contributed by atoms with Gasteiger partial charge in [-0.2, -0.15) is 0 Å². The summed E-state index contributed by atoms with van der Waals surface area (Å²) in [4.78, 5) is 25.5. The zero-order valence-corrected chi connectivity index (χ0v) is 12.8. The molecule has 0 fully saturated rings. The zero-order valence-electron chi connectivity index (χ0n) is 12.8. The monoisotopic (exact) mass is 298 g/mol. The highest BCUT2D eigenvalue weighted by Crippen LogP contribution is 2.26. The number of benzene rings is 2. The highest BCUT2D eigenvalue weighted by Gasteiger charge is 2.15. The molecule has 0 unspecified atom stereocenters. The van der Waals surface area contributed by atoms with Gasteiger partial charge in [0.25, 0.3) is 5.91 Å². The molecular formula is C17H18N2O3. The summed E-state index contributed by atoms with van der Waals surface area (Å²) in [7, 11) is 3.18. The summed E-state index contributed by atoms with van der Waals surface area (Å²) >= 11 is 0. The van der Waals surface area contributed by atoms with Gasteiger partial charge < -0.3 is 15.0 Å². The van der Waals surface area contributed by atoms with Crippen molar-refractivity contribution in [2.75, 3.05) is 24.4 Å². The van der Waals surface area contributed by atoms with Gasteiger partial charge in [0.15, 0.2) is 0 Å². The average Bonchev–Trinajstić information content (AvgIpc) is 2.54. The minimum Gasteiger partial charge on any atom is -0.496 e. The van der Waals surface area contributed by atoms with E-state index in [2.05, 4.69) is 5.32 Å². The average molecular weight is 298 g/mol. The van der Waals surface area contributed by atoms with E-state index in [1.54, 1.807) is 49.5 Å². The summed E-state index contributed by atoms with van der Waals surface area (Å²) in [5.74, 6) is 0.0956. The Morgan fingerprint density at radius 2 is 1.68 bits per heavy atom. The smallest absolute Gasteiger partial charge is 0.259 e. The molecule has 0 radical (unpaired) electrons. The fourth-order valence-electron chi connectivity index (χ4n) is 2.06. The molecule has 114 valence electrons. The van der Waals surface area contributed by atoms with Crippen LogP contribution in [0.1, 0.15) is 17.3 Å². The maximum Gasteiger partial charge on any atom is 0.259 e. The summed E-state index contributed by atoms with van der Waals surface area (Å²) in [5, 5.41) is 2.82. The summed E-state index contributed by atoms with van der Waals surface area (Å²) in [6, 6.07) is 14.1. The zero-order chi connectivity index (χ0) is 16.1. The number of hydrogen-bond donors (Lipinski definition) is 1. The number of nitrogens with zero attached hydrogens (tertiary/aromatic N) is 1. The third kappa shape index (κ3) is 3.25. The third-order valence-corrected chi connectivity index (χ3v) is 3.34. The second-order valence-electron chi connectivity index (χ2n) is 4.75. The van der Waals surface area contributed by atoms with Crippen LogP contribution in [0.5, 0.6) is 5.75 Å². The van der Waals surface area contributed by atoms with Gasteiger partial charge in [0.2, 0.25) is 5.91 Å². The predicted molar refractivity (Wildman–Crippen MR) is 86.5 cm³/mol. The quantitative estimate of drug-likeness (QED) is 0.944. The van der Waals surface area contributed by atoms with E-state index < -0.39 is 0 Å². The number of amides is 2. The largest absolute Gasteiger partial charge is 0.496 e. The Labute approximate surface area is 129 Å². The Balaban J connectivity index is 2.31. The Morgan fingerprint density at radius 3 is 2.36 bits per heavy atom. The number of anilines is 2. The van der Waals surface area contributed by atoms with Crippen molar-refractivity contribution in [3.8, 4) is 5.75 Å². The SMILES string of the molecule is COc1ccccc1C(=O)Nc1ccccc1N(C)C(C)=O. The molecular weight excluding hydrogens is 280 g/mol. The van der Waals surface area contributed by atoms with Crippen LogP contribution in [0, 0.1) is 0 Å². The fourth-order valence-corrected chi connectivity index (χ4v) is 2.06. The first-order chi connectivity index (χ1) is 10.5. The van der Waals surface area contributed by atoms with Gasteiger partial charge in [-0.25, -0.2) is 0 Å². The summed E-state index contributed by atoms with van der Waals surface area (Å²) in [6.07, 6.45) is 0. The lowest BCUT2D eigenvalue weighted by Gasteiger charge is -2.19. The predicted octanol–water partition coefficient (Wildman–Crippen LogP) is 2.93. The summed E-state index contributed by atoms with van der Waals surface area (Å²) in [5.41, 5.74) is 1.64. The second-order valence-corrected chi connectivity index (χ2v) is 4.75. The van der Waals surface area contributed by atoms with E-state index in [1.165, 1.54) is 18.9 Å². The van der Waals surface area contributed by atoms with Crippen LogP contribution in [0.25, 0.3) is 0 Å². The Kier molecular flexibility index (Phi) is 4.78. The van der Waals surface area contributed by atoms with Crippen LogP contribution in [-0.2, 0) is 4.79 Å². The van der Waals surface area contributed by atoms with Crippen molar-refractivity contribution in [1.29, 1.82) is 0 Å². The molecule has 5 nitrogen and oxygen atoms in total. The van der Waals surface area contributed by atoms with E-state index in [0.29, 0.717) is 22.7 Å². The van der Waals surface area contributed by atoms with Gasteiger partial charge in [-0.1, -0.05) is 24.3 Å². The number of para-hydroxylation sites is 3. The molecule has 0 aromatic heterocycles. The number of ether oxygens (including phenoxy) is 1. The van der Waals surface area contributed by atoms with Gasteiger partial charge in [-0.3, -0.25) is 9.59 Å². The van der Waals surface area contributed by atoms with Gasteiger partial charge in [0.1, 0.15) is 5.75 Å². The molecule has 0 saturated heterocycles. The van der Waals surface area contributed by atoms with E-state index >= 15 is 0 Å². The van der Waals surface area contributed by atoms with Crippen molar-refractivity contribution in [3.05, 3.63) is 54.1 Å². The molecule has 0 heterocycles. The first-order valence-corrected chi connectivity index (χ1v) is 6.82. The maximum atomic E-state index is 12.4. The third-order valence-electron chi connectivity index (χ3n) is 3.34. The Morgan fingerprint density at radius 1 is 1.05 bits per heavy atom. The fraction of sp³-hybridized carbons (Fsp3) is 0.176. The van der Waals surface area contributed by atoms with Gasteiger partial charge >= 0.3 is 0 Å². The lowest BCUT2D eigenvalue weighted by atomic mass is 10.1. The second kappa shape index (κ2) is 6.76. The lowest BCUT2D eigenvalue weighted by molar-refractivity contribution is -0.116. The lowest BCUT2D eigenvalue weighted by Crippen LogP contribution is -2.25. The van der Waals surface area contributed by atoms with E-state index in [4.69, 9.17) is 4.74 Å². The molecule has 2 rings (SSSR count).